The van der Waals surface area contributed by atoms with E-state index in [9.17, 15) is 19.0 Å². The molecule has 0 aliphatic rings. The maximum atomic E-state index is 12.6. The molecule has 0 saturated heterocycles. The van der Waals surface area contributed by atoms with Gasteiger partial charge in [-0.3, -0.25) is 18.6 Å². The number of nitrogens with two attached hydrogens (primary N) is 1. The average Bonchev–Trinajstić information content (AvgIpc) is 3.28. The lowest BCUT2D eigenvalue weighted by Gasteiger charge is -2.19. The van der Waals surface area contributed by atoms with Crippen molar-refractivity contribution in [2.45, 2.75) is 296 Å². The van der Waals surface area contributed by atoms with Crippen molar-refractivity contribution in [2.24, 2.45) is 5.73 Å². The number of phosphoric acid groups is 1. The van der Waals surface area contributed by atoms with Gasteiger partial charge in [-0.15, -0.1) is 0 Å². The summed E-state index contributed by atoms with van der Waals surface area (Å²) in [6, 6.07) is 0. The van der Waals surface area contributed by atoms with Crippen LogP contribution in [0.1, 0.15) is 290 Å². The summed E-state index contributed by atoms with van der Waals surface area (Å²) in [7, 11) is -4.38. The Labute approximate surface area is 396 Å². The molecule has 0 aromatic rings. The molecule has 0 spiro atoms. The molecule has 0 fully saturated rings. The molecule has 0 aromatic carbocycles. The summed E-state index contributed by atoms with van der Waals surface area (Å²) >= 11 is 0. The first-order valence-corrected chi connectivity index (χ1v) is 29.2. The minimum atomic E-state index is -4.38. The third-order valence-electron chi connectivity index (χ3n) is 12.4. The van der Waals surface area contributed by atoms with Crippen LogP contribution in [0.3, 0.4) is 0 Å². The molecule has 2 atom stereocenters. The third kappa shape index (κ3) is 50.2. The second-order valence-electron chi connectivity index (χ2n) is 18.8. The second-order valence-corrected chi connectivity index (χ2v) is 20.3. The Balaban J connectivity index is 3.90. The minimum absolute atomic E-state index is 0.0552. The number of rotatable bonds is 53. The SMILES string of the molecule is CCCCCCCCC/C=C\CCCCCCCC(=O)OC(COC(=O)CCCCCCCCCCCCCCCCCCCCCCCCCCCCC)COP(=O)(O)OCCN. The van der Waals surface area contributed by atoms with E-state index in [0.29, 0.717) is 6.42 Å². The Bertz CT molecular complexity index is 1060. The first kappa shape index (κ1) is 62.8. The number of hydrogen-bond acceptors (Lipinski definition) is 8. The van der Waals surface area contributed by atoms with Crippen molar-refractivity contribution in [2.75, 3.05) is 26.4 Å². The number of hydrogen-bond donors (Lipinski definition) is 2. The van der Waals surface area contributed by atoms with Crippen LogP contribution in [0.5, 0.6) is 0 Å². The standard InChI is InChI=1S/C54H106NO8P/c1-3-5-7-9-11-13-15-17-19-21-22-23-24-25-26-27-28-29-30-31-33-34-36-38-40-42-44-46-53(56)60-50-52(51-62-64(58,59)61-49-48-55)63-54(57)47-45-43-41-39-37-35-32-20-18-16-14-12-10-8-6-4-2/h20,32,52H,3-19,21-31,33-51,55H2,1-2H3,(H,58,59)/b32-20-. The van der Waals surface area contributed by atoms with Gasteiger partial charge >= 0.3 is 19.8 Å². The van der Waals surface area contributed by atoms with E-state index in [0.717, 1.165) is 51.4 Å². The quantitative estimate of drug-likeness (QED) is 0.0265. The molecule has 3 N–H and O–H groups in total. The number of unbranched alkanes of at least 4 members (excludes halogenated alkanes) is 38. The van der Waals surface area contributed by atoms with Crippen molar-refractivity contribution in [3.63, 3.8) is 0 Å². The fourth-order valence-electron chi connectivity index (χ4n) is 8.28. The molecule has 0 heterocycles. The van der Waals surface area contributed by atoms with Crippen LogP contribution in [0.4, 0.5) is 0 Å². The van der Waals surface area contributed by atoms with Crippen LogP contribution in [0, 0.1) is 0 Å². The van der Waals surface area contributed by atoms with E-state index in [1.165, 1.54) is 205 Å². The van der Waals surface area contributed by atoms with Gasteiger partial charge in [0.2, 0.25) is 0 Å². The Morgan fingerprint density at radius 3 is 1.11 bits per heavy atom. The van der Waals surface area contributed by atoms with E-state index in [1.54, 1.807) is 0 Å². The van der Waals surface area contributed by atoms with E-state index in [-0.39, 0.29) is 38.6 Å². The van der Waals surface area contributed by atoms with Crippen molar-refractivity contribution in [3.05, 3.63) is 12.2 Å². The molecule has 9 nitrogen and oxygen atoms in total. The van der Waals surface area contributed by atoms with E-state index in [1.807, 2.05) is 0 Å². The Morgan fingerprint density at radius 1 is 0.453 bits per heavy atom. The zero-order chi connectivity index (χ0) is 46.7. The molecule has 0 radical (unpaired) electrons. The Hall–Kier alpha value is -1.25. The fraction of sp³-hybridized carbons (Fsp3) is 0.926. The van der Waals surface area contributed by atoms with Gasteiger partial charge in [0.15, 0.2) is 6.10 Å². The zero-order valence-electron chi connectivity index (χ0n) is 42.3. The highest BCUT2D eigenvalue weighted by Crippen LogP contribution is 2.43. The number of esters is 2. The summed E-state index contributed by atoms with van der Waals surface area (Å²) in [5.41, 5.74) is 5.37. The fourth-order valence-corrected chi connectivity index (χ4v) is 9.05. The van der Waals surface area contributed by atoms with Gasteiger partial charge in [0.25, 0.3) is 0 Å². The molecule has 64 heavy (non-hydrogen) atoms. The topological polar surface area (TPSA) is 134 Å². The number of allylic oxidation sites excluding steroid dienone is 2. The van der Waals surface area contributed by atoms with Gasteiger partial charge in [-0.2, -0.15) is 0 Å². The highest BCUT2D eigenvalue weighted by atomic mass is 31.2. The van der Waals surface area contributed by atoms with Crippen LogP contribution >= 0.6 is 7.82 Å². The summed E-state index contributed by atoms with van der Waals surface area (Å²) in [5.74, 6) is -0.820. The van der Waals surface area contributed by atoms with Crippen molar-refractivity contribution in [3.8, 4) is 0 Å². The molecular weight excluding hydrogens is 822 g/mol. The highest BCUT2D eigenvalue weighted by molar-refractivity contribution is 7.47. The summed E-state index contributed by atoms with van der Waals surface area (Å²) in [6.07, 6.45) is 57.0. The van der Waals surface area contributed by atoms with Gasteiger partial charge in [-0.1, -0.05) is 251 Å². The van der Waals surface area contributed by atoms with Crippen LogP contribution in [0.15, 0.2) is 12.2 Å². The number of ether oxygens (including phenoxy) is 2. The summed E-state index contributed by atoms with van der Waals surface area (Å²) in [4.78, 5) is 35.1. The van der Waals surface area contributed by atoms with E-state index in [4.69, 9.17) is 24.3 Å². The first-order valence-electron chi connectivity index (χ1n) is 27.7. The zero-order valence-corrected chi connectivity index (χ0v) is 43.2. The van der Waals surface area contributed by atoms with Crippen molar-refractivity contribution >= 4 is 19.8 Å². The lowest BCUT2D eigenvalue weighted by molar-refractivity contribution is -0.161. The average molecular weight is 928 g/mol. The smallest absolute Gasteiger partial charge is 0.462 e. The third-order valence-corrected chi connectivity index (χ3v) is 13.4. The van der Waals surface area contributed by atoms with Gasteiger partial charge in [0.1, 0.15) is 6.61 Å². The monoisotopic (exact) mass is 928 g/mol. The largest absolute Gasteiger partial charge is 0.472 e. The lowest BCUT2D eigenvalue weighted by Crippen LogP contribution is -2.29. The molecule has 2 unspecified atom stereocenters. The van der Waals surface area contributed by atoms with Gasteiger partial charge in [-0.25, -0.2) is 4.57 Å². The molecule has 0 saturated carbocycles. The van der Waals surface area contributed by atoms with Gasteiger partial charge < -0.3 is 20.1 Å². The van der Waals surface area contributed by atoms with Crippen LogP contribution in [-0.4, -0.2) is 49.3 Å². The minimum Gasteiger partial charge on any atom is -0.462 e. The Morgan fingerprint density at radius 2 is 0.766 bits per heavy atom. The predicted octanol–water partition coefficient (Wildman–Crippen LogP) is 16.9. The molecule has 0 aliphatic carbocycles. The summed E-state index contributed by atoms with van der Waals surface area (Å²) < 4.78 is 33.0. The number of carbonyl (C=O) groups excluding carboxylic acids is 2. The van der Waals surface area contributed by atoms with Crippen molar-refractivity contribution in [1.29, 1.82) is 0 Å². The van der Waals surface area contributed by atoms with Crippen LogP contribution in [0.25, 0.3) is 0 Å². The van der Waals surface area contributed by atoms with Crippen molar-refractivity contribution in [1.82, 2.24) is 0 Å². The molecule has 0 amide bonds. The van der Waals surface area contributed by atoms with Crippen molar-refractivity contribution < 1.29 is 37.6 Å². The maximum absolute atomic E-state index is 12.6. The second kappa shape index (κ2) is 51.1. The Kier molecular flexibility index (Phi) is 50.1. The summed E-state index contributed by atoms with van der Waals surface area (Å²) in [5, 5.41) is 0. The normalized spacial score (nSPS) is 13.1. The molecule has 0 aliphatic heterocycles. The van der Waals surface area contributed by atoms with E-state index >= 15 is 0 Å². The molecule has 0 rings (SSSR count). The molecule has 0 bridgehead atoms. The summed E-state index contributed by atoms with van der Waals surface area (Å²) in [6.45, 7) is 3.78. The van der Waals surface area contributed by atoms with Crippen LogP contribution < -0.4 is 5.73 Å². The number of carbonyl (C=O) groups is 2. The van der Waals surface area contributed by atoms with Crippen LogP contribution in [0.2, 0.25) is 0 Å². The lowest BCUT2D eigenvalue weighted by atomic mass is 10.0. The van der Waals surface area contributed by atoms with Gasteiger partial charge in [-0.05, 0) is 38.5 Å². The predicted molar refractivity (Wildman–Crippen MR) is 271 cm³/mol. The molecule has 10 heteroatoms. The maximum Gasteiger partial charge on any atom is 0.472 e. The van der Waals surface area contributed by atoms with Gasteiger partial charge in [0.05, 0.1) is 13.2 Å². The highest BCUT2D eigenvalue weighted by Gasteiger charge is 2.26. The van der Waals surface area contributed by atoms with Crippen LogP contribution in [-0.2, 0) is 32.7 Å². The molecule has 0 aromatic heterocycles. The van der Waals surface area contributed by atoms with Gasteiger partial charge in [0, 0.05) is 19.4 Å². The van der Waals surface area contributed by atoms with E-state index in [2.05, 4.69) is 26.0 Å². The molecule has 380 valence electrons. The molecular formula is C54H106NO8P. The first-order chi connectivity index (χ1) is 31.3. The van der Waals surface area contributed by atoms with E-state index < -0.39 is 26.5 Å². The number of phosphoric ester groups is 1.